The maximum absolute atomic E-state index is 11.5. The molecule has 0 aliphatic heterocycles. The molecule has 1 nitrogen and oxygen atoms in total. The van der Waals surface area contributed by atoms with Gasteiger partial charge in [-0.1, -0.05) is 49.0 Å². The third kappa shape index (κ3) is 4.57. The number of rotatable bonds is 6. The molecule has 16 heavy (non-hydrogen) atoms. The van der Waals surface area contributed by atoms with Gasteiger partial charge in [-0.3, -0.25) is 4.79 Å². The Balaban J connectivity index is 2.25. The first-order chi connectivity index (χ1) is 7.56. The van der Waals surface area contributed by atoms with E-state index >= 15 is 0 Å². The number of hydrogen-bond donors (Lipinski definition) is 0. The lowest BCUT2D eigenvalue weighted by atomic mass is 9.67. The molecule has 1 aliphatic carbocycles. The van der Waals surface area contributed by atoms with Crippen molar-refractivity contribution >= 4 is 21.7 Å². The van der Waals surface area contributed by atoms with Crippen LogP contribution >= 0.6 is 15.9 Å². The normalized spacial score (nSPS) is 24.7. The lowest BCUT2D eigenvalue weighted by Gasteiger charge is -2.38. The molecule has 0 bridgehead atoms. The summed E-state index contributed by atoms with van der Waals surface area (Å²) in [6.07, 6.45) is 9.23. The highest BCUT2D eigenvalue weighted by Crippen LogP contribution is 2.41. The molecule has 0 aromatic heterocycles. The molecule has 2 heteroatoms. The first-order valence-corrected chi connectivity index (χ1v) is 7.76. The summed E-state index contributed by atoms with van der Waals surface area (Å²) >= 11 is 3.46. The summed E-state index contributed by atoms with van der Waals surface area (Å²) < 4.78 is 0. The van der Waals surface area contributed by atoms with Gasteiger partial charge < -0.3 is 0 Å². The van der Waals surface area contributed by atoms with Crippen molar-refractivity contribution in [3.05, 3.63) is 0 Å². The smallest absolute Gasteiger partial charge is 0.133 e. The predicted molar refractivity (Wildman–Crippen MR) is 73.0 cm³/mol. The Kier molecular flexibility index (Phi) is 6.02. The van der Waals surface area contributed by atoms with Crippen LogP contribution in [0.2, 0.25) is 0 Å². The highest BCUT2D eigenvalue weighted by molar-refractivity contribution is 9.09. The number of carbonyl (C=O) groups is 1. The number of alkyl halides is 1. The average Bonchev–Trinajstić information content (AvgIpc) is 2.23. The first kappa shape index (κ1) is 14.2. The van der Waals surface area contributed by atoms with Gasteiger partial charge in [-0.2, -0.15) is 0 Å². The van der Waals surface area contributed by atoms with Crippen LogP contribution in [0.15, 0.2) is 0 Å². The van der Waals surface area contributed by atoms with E-state index in [0.29, 0.717) is 17.1 Å². The van der Waals surface area contributed by atoms with Crippen LogP contribution in [0.5, 0.6) is 0 Å². The van der Waals surface area contributed by atoms with Crippen LogP contribution < -0.4 is 0 Å². The fourth-order valence-electron chi connectivity index (χ4n) is 2.65. The third-order valence-electron chi connectivity index (χ3n) is 4.06. The Morgan fingerprint density at radius 2 is 1.94 bits per heavy atom. The van der Waals surface area contributed by atoms with Crippen molar-refractivity contribution < 1.29 is 4.79 Å². The Labute approximate surface area is 109 Å². The van der Waals surface area contributed by atoms with Crippen LogP contribution in [0.4, 0.5) is 0 Å². The van der Waals surface area contributed by atoms with Crippen molar-refractivity contribution in [1.82, 2.24) is 0 Å². The molecular weight excluding hydrogens is 264 g/mol. The summed E-state index contributed by atoms with van der Waals surface area (Å²) in [4.78, 5) is 11.5. The van der Waals surface area contributed by atoms with Crippen molar-refractivity contribution in [3.8, 4) is 0 Å². The van der Waals surface area contributed by atoms with Crippen molar-refractivity contribution in [2.75, 3.05) is 5.33 Å². The minimum Gasteiger partial charge on any atom is -0.300 e. The van der Waals surface area contributed by atoms with Crippen molar-refractivity contribution in [2.45, 2.75) is 65.2 Å². The zero-order valence-corrected chi connectivity index (χ0v) is 12.3. The van der Waals surface area contributed by atoms with Gasteiger partial charge in [0.1, 0.15) is 5.78 Å². The highest BCUT2D eigenvalue weighted by atomic mass is 79.9. The Morgan fingerprint density at radius 1 is 1.25 bits per heavy atom. The molecule has 0 radical (unpaired) electrons. The minimum absolute atomic E-state index is 0.392. The number of hydrogen-bond acceptors (Lipinski definition) is 1. The lowest BCUT2D eigenvalue weighted by molar-refractivity contribution is -0.124. The minimum atomic E-state index is 0.392. The van der Waals surface area contributed by atoms with E-state index in [2.05, 4.69) is 29.8 Å². The standard InChI is InChI=1S/C14H25BrO/c1-14(2)9-8-13(16)11-12(14)7-5-3-4-6-10-15/h12H,3-11H2,1-2H3/t12-/m1/s1. The Hall–Kier alpha value is 0.150. The van der Waals surface area contributed by atoms with E-state index in [-0.39, 0.29) is 0 Å². The van der Waals surface area contributed by atoms with E-state index in [9.17, 15) is 4.79 Å². The Morgan fingerprint density at radius 3 is 2.62 bits per heavy atom. The molecule has 1 atom stereocenters. The average molecular weight is 289 g/mol. The van der Waals surface area contributed by atoms with Gasteiger partial charge in [-0.25, -0.2) is 0 Å². The van der Waals surface area contributed by atoms with Crippen LogP contribution in [0.25, 0.3) is 0 Å². The maximum Gasteiger partial charge on any atom is 0.133 e. The summed E-state index contributed by atoms with van der Waals surface area (Å²) in [7, 11) is 0. The van der Waals surface area contributed by atoms with Crippen molar-refractivity contribution in [2.24, 2.45) is 11.3 Å². The molecule has 1 rings (SSSR count). The largest absolute Gasteiger partial charge is 0.300 e. The van der Waals surface area contributed by atoms with Crippen LogP contribution in [0.3, 0.4) is 0 Å². The Bertz CT molecular complexity index is 223. The molecule has 0 N–H and O–H groups in total. The predicted octanol–water partition coefficient (Wildman–Crippen LogP) is 4.73. The second kappa shape index (κ2) is 6.78. The van der Waals surface area contributed by atoms with E-state index < -0.39 is 0 Å². The van der Waals surface area contributed by atoms with E-state index in [1.165, 1.54) is 32.1 Å². The lowest BCUT2D eigenvalue weighted by Crippen LogP contribution is -2.32. The van der Waals surface area contributed by atoms with Crippen molar-refractivity contribution in [3.63, 3.8) is 0 Å². The molecule has 0 amide bonds. The summed E-state index contributed by atoms with van der Waals surface area (Å²) in [6.45, 7) is 4.67. The van der Waals surface area contributed by atoms with Crippen LogP contribution in [0.1, 0.15) is 65.2 Å². The van der Waals surface area contributed by atoms with E-state index in [4.69, 9.17) is 0 Å². The van der Waals surface area contributed by atoms with Gasteiger partial charge in [0.25, 0.3) is 0 Å². The molecule has 94 valence electrons. The second-order valence-corrected chi connectivity index (χ2v) is 6.61. The summed E-state index contributed by atoms with van der Waals surface area (Å²) in [5, 5.41) is 1.13. The zero-order chi connectivity index (χ0) is 12.0. The van der Waals surface area contributed by atoms with Gasteiger partial charge in [0.05, 0.1) is 0 Å². The van der Waals surface area contributed by atoms with Gasteiger partial charge in [-0.05, 0) is 30.6 Å². The first-order valence-electron chi connectivity index (χ1n) is 6.64. The van der Waals surface area contributed by atoms with Crippen molar-refractivity contribution in [1.29, 1.82) is 0 Å². The zero-order valence-electron chi connectivity index (χ0n) is 10.7. The van der Waals surface area contributed by atoms with Crippen LogP contribution in [0, 0.1) is 11.3 Å². The number of ketones is 1. The number of halogens is 1. The van der Waals surface area contributed by atoms with E-state index in [0.717, 1.165) is 24.6 Å². The molecule has 1 aliphatic rings. The summed E-state index contributed by atoms with van der Waals surface area (Å²) in [5.41, 5.74) is 0.392. The molecule has 0 saturated heterocycles. The number of Topliss-reactive ketones (excluding diaryl/α,β-unsaturated/α-hetero) is 1. The molecule has 0 spiro atoms. The van der Waals surface area contributed by atoms with Gasteiger partial charge >= 0.3 is 0 Å². The van der Waals surface area contributed by atoms with E-state index in [1.54, 1.807) is 0 Å². The molecule has 1 fully saturated rings. The third-order valence-corrected chi connectivity index (χ3v) is 4.62. The maximum atomic E-state index is 11.5. The quantitative estimate of drug-likeness (QED) is 0.510. The fourth-order valence-corrected chi connectivity index (χ4v) is 3.05. The molecule has 1 saturated carbocycles. The van der Waals surface area contributed by atoms with Crippen LogP contribution in [-0.4, -0.2) is 11.1 Å². The molecule has 0 aromatic rings. The number of carbonyl (C=O) groups excluding carboxylic acids is 1. The molecule has 0 heterocycles. The monoisotopic (exact) mass is 288 g/mol. The summed E-state index contributed by atoms with van der Waals surface area (Å²) in [5.74, 6) is 1.13. The van der Waals surface area contributed by atoms with E-state index in [1.807, 2.05) is 0 Å². The van der Waals surface area contributed by atoms with Gasteiger partial charge in [0.2, 0.25) is 0 Å². The molecular formula is C14H25BrO. The SMILES string of the molecule is CC1(C)CCC(=O)C[C@H]1CCCCCCBr. The number of unbranched alkanes of at least 4 members (excludes halogenated alkanes) is 3. The van der Waals surface area contributed by atoms with Crippen LogP contribution in [-0.2, 0) is 4.79 Å². The molecule has 0 unspecified atom stereocenters. The summed E-state index contributed by atoms with van der Waals surface area (Å²) in [6, 6.07) is 0. The van der Waals surface area contributed by atoms with Gasteiger partial charge in [-0.15, -0.1) is 0 Å². The fraction of sp³-hybridized carbons (Fsp3) is 0.929. The van der Waals surface area contributed by atoms with Gasteiger partial charge in [0, 0.05) is 18.2 Å². The topological polar surface area (TPSA) is 17.1 Å². The highest BCUT2D eigenvalue weighted by Gasteiger charge is 2.34. The van der Waals surface area contributed by atoms with Gasteiger partial charge in [0.15, 0.2) is 0 Å². The second-order valence-electron chi connectivity index (χ2n) is 5.82. The molecule has 0 aromatic carbocycles.